The highest BCUT2D eigenvalue weighted by Crippen LogP contribution is 2.51. The number of unbranched alkanes of at least 4 members (excludes halogenated alkanes) is 3. The van der Waals surface area contributed by atoms with E-state index < -0.39 is 40.5 Å². The van der Waals surface area contributed by atoms with Crippen molar-refractivity contribution in [1.82, 2.24) is 4.98 Å². The molecular formula is C31H42F5NO2. The first-order chi connectivity index (χ1) is 18.7. The third-order valence-electron chi connectivity index (χ3n) is 7.74. The second-order valence-corrected chi connectivity index (χ2v) is 10.7. The fourth-order valence-electron chi connectivity index (χ4n) is 5.08. The van der Waals surface area contributed by atoms with Crippen LogP contribution in [0.2, 0.25) is 0 Å². The molecule has 0 N–H and O–H groups in total. The molecule has 8 heteroatoms. The maximum absolute atomic E-state index is 15.6. The van der Waals surface area contributed by atoms with Gasteiger partial charge in [-0.3, -0.25) is 0 Å². The van der Waals surface area contributed by atoms with E-state index in [1.165, 1.54) is 18.2 Å². The number of benzene rings is 1. The van der Waals surface area contributed by atoms with E-state index in [-0.39, 0.29) is 36.5 Å². The normalized spacial score (nSPS) is 17.2. The SMILES string of the molecule is CCCCOCCCCOc1cc2c(c(F)n1)C(F)(F)C(c1ccc(CCCCC(C)CC)c(F)c1F)CC2. The highest BCUT2D eigenvalue weighted by molar-refractivity contribution is 5.41. The number of aromatic nitrogens is 1. The van der Waals surface area contributed by atoms with Gasteiger partial charge < -0.3 is 9.47 Å². The van der Waals surface area contributed by atoms with Gasteiger partial charge in [0.15, 0.2) is 11.6 Å². The number of pyridine rings is 1. The molecule has 1 aromatic carbocycles. The average molecular weight is 556 g/mol. The molecule has 0 saturated heterocycles. The Labute approximate surface area is 229 Å². The topological polar surface area (TPSA) is 31.4 Å². The summed E-state index contributed by atoms with van der Waals surface area (Å²) in [6.45, 7) is 7.92. The Morgan fingerprint density at radius 2 is 1.72 bits per heavy atom. The lowest BCUT2D eigenvalue weighted by Crippen LogP contribution is -2.32. The Morgan fingerprint density at radius 3 is 2.46 bits per heavy atom. The van der Waals surface area contributed by atoms with Gasteiger partial charge in [-0.25, -0.2) is 17.6 Å². The Bertz CT molecular complexity index is 1060. The van der Waals surface area contributed by atoms with Crippen molar-refractivity contribution in [3.05, 3.63) is 58.0 Å². The lowest BCUT2D eigenvalue weighted by Gasteiger charge is -2.34. The van der Waals surface area contributed by atoms with Crippen LogP contribution in [0.5, 0.6) is 5.88 Å². The van der Waals surface area contributed by atoms with Crippen LogP contribution >= 0.6 is 0 Å². The van der Waals surface area contributed by atoms with E-state index in [0.29, 0.717) is 38.4 Å². The van der Waals surface area contributed by atoms with Crippen LogP contribution in [0.15, 0.2) is 18.2 Å². The largest absolute Gasteiger partial charge is 0.478 e. The molecule has 2 atom stereocenters. The number of aryl methyl sites for hydroxylation is 2. The van der Waals surface area contributed by atoms with Crippen LogP contribution in [0.4, 0.5) is 22.0 Å². The van der Waals surface area contributed by atoms with Crippen molar-refractivity contribution in [2.75, 3.05) is 19.8 Å². The molecule has 1 aromatic heterocycles. The number of fused-ring (bicyclic) bond motifs is 1. The molecule has 1 aliphatic rings. The monoisotopic (exact) mass is 555 g/mol. The number of alkyl halides is 2. The summed E-state index contributed by atoms with van der Waals surface area (Å²) in [6.07, 6.45) is 7.42. The van der Waals surface area contributed by atoms with Crippen LogP contribution in [-0.2, 0) is 23.5 Å². The minimum absolute atomic E-state index is 0.0534. The van der Waals surface area contributed by atoms with Gasteiger partial charge in [0.2, 0.25) is 11.8 Å². The predicted octanol–water partition coefficient (Wildman–Crippen LogP) is 9.06. The number of hydrogen-bond donors (Lipinski definition) is 0. The average Bonchev–Trinajstić information content (AvgIpc) is 2.90. The molecule has 39 heavy (non-hydrogen) atoms. The van der Waals surface area contributed by atoms with Crippen molar-refractivity contribution in [3.8, 4) is 5.88 Å². The van der Waals surface area contributed by atoms with E-state index in [1.807, 2.05) is 0 Å². The van der Waals surface area contributed by atoms with Gasteiger partial charge in [-0.05, 0) is 62.0 Å². The van der Waals surface area contributed by atoms with Gasteiger partial charge in [-0.15, -0.1) is 0 Å². The molecule has 0 saturated carbocycles. The van der Waals surface area contributed by atoms with E-state index in [4.69, 9.17) is 9.47 Å². The standard InChI is InChI=1S/C31H42F5NO2/c1-4-6-17-38-18-9-10-19-39-26-20-23-14-16-25(31(35,36)27(23)30(34)37-26)24-15-13-22(28(32)29(24)33)12-8-7-11-21(3)5-2/h13,15,20-21,25H,4-12,14,16-19H2,1-3H3. The lowest BCUT2D eigenvalue weighted by molar-refractivity contribution is -0.0486. The first-order valence-corrected chi connectivity index (χ1v) is 14.5. The first-order valence-electron chi connectivity index (χ1n) is 14.5. The maximum Gasteiger partial charge on any atom is 0.284 e. The van der Waals surface area contributed by atoms with Crippen molar-refractivity contribution < 1.29 is 31.4 Å². The van der Waals surface area contributed by atoms with E-state index in [2.05, 4.69) is 25.8 Å². The molecule has 1 heterocycles. The number of ether oxygens (including phenoxy) is 2. The molecule has 218 valence electrons. The van der Waals surface area contributed by atoms with Gasteiger partial charge in [0, 0.05) is 24.8 Å². The maximum atomic E-state index is 15.6. The summed E-state index contributed by atoms with van der Waals surface area (Å²) in [5.41, 5.74) is -1.01. The fraction of sp³-hybridized carbons (Fsp3) is 0.645. The molecule has 0 spiro atoms. The predicted molar refractivity (Wildman–Crippen MR) is 143 cm³/mol. The summed E-state index contributed by atoms with van der Waals surface area (Å²) in [7, 11) is 0. The zero-order valence-electron chi connectivity index (χ0n) is 23.4. The minimum Gasteiger partial charge on any atom is -0.478 e. The van der Waals surface area contributed by atoms with Crippen molar-refractivity contribution in [2.45, 2.75) is 103 Å². The van der Waals surface area contributed by atoms with E-state index in [9.17, 15) is 8.78 Å². The minimum atomic E-state index is -3.75. The molecule has 2 unspecified atom stereocenters. The highest BCUT2D eigenvalue weighted by atomic mass is 19.3. The zero-order valence-corrected chi connectivity index (χ0v) is 23.4. The number of halogens is 5. The third kappa shape index (κ3) is 8.15. The van der Waals surface area contributed by atoms with Crippen LogP contribution in [0.1, 0.15) is 107 Å². The zero-order chi connectivity index (χ0) is 28.4. The van der Waals surface area contributed by atoms with Gasteiger partial charge >= 0.3 is 0 Å². The number of nitrogens with zero attached hydrogens (tertiary/aromatic N) is 1. The van der Waals surface area contributed by atoms with Gasteiger partial charge in [0.1, 0.15) is 0 Å². The van der Waals surface area contributed by atoms with Crippen LogP contribution in [0.25, 0.3) is 0 Å². The molecule has 0 aliphatic heterocycles. The summed E-state index contributed by atoms with van der Waals surface area (Å²) in [6, 6.07) is 3.96. The fourth-order valence-corrected chi connectivity index (χ4v) is 5.08. The number of rotatable bonds is 16. The molecule has 0 amide bonds. The molecule has 0 radical (unpaired) electrons. The molecule has 0 bridgehead atoms. The van der Waals surface area contributed by atoms with Gasteiger partial charge in [-0.2, -0.15) is 9.37 Å². The smallest absolute Gasteiger partial charge is 0.284 e. The summed E-state index contributed by atoms with van der Waals surface area (Å²) >= 11 is 0. The van der Waals surface area contributed by atoms with Gasteiger partial charge in [-0.1, -0.05) is 58.6 Å². The molecule has 1 aliphatic carbocycles. The van der Waals surface area contributed by atoms with Crippen LogP contribution in [0, 0.1) is 23.5 Å². The quantitative estimate of drug-likeness (QED) is 0.118. The van der Waals surface area contributed by atoms with E-state index >= 15 is 13.2 Å². The molecule has 3 nitrogen and oxygen atoms in total. The highest BCUT2D eigenvalue weighted by Gasteiger charge is 2.50. The first kappa shape index (κ1) is 31.3. The van der Waals surface area contributed by atoms with Crippen LogP contribution in [0.3, 0.4) is 0 Å². The van der Waals surface area contributed by atoms with Crippen molar-refractivity contribution in [2.24, 2.45) is 5.92 Å². The van der Waals surface area contributed by atoms with Gasteiger partial charge in [0.05, 0.1) is 18.1 Å². The lowest BCUT2D eigenvalue weighted by atomic mass is 9.77. The van der Waals surface area contributed by atoms with Crippen LogP contribution in [-0.4, -0.2) is 24.8 Å². The van der Waals surface area contributed by atoms with Gasteiger partial charge in [0.25, 0.3) is 5.92 Å². The Kier molecular flexibility index (Phi) is 12.0. The van der Waals surface area contributed by atoms with Crippen molar-refractivity contribution in [3.63, 3.8) is 0 Å². The van der Waals surface area contributed by atoms with Crippen molar-refractivity contribution >= 4 is 0 Å². The summed E-state index contributed by atoms with van der Waals surface area (Å²) in [5, 5.41) is 0. The second-order valence-electron chi connectivity index (χ2n) is 10.7. The molecule has 3 rings (SSSR count). The Hall–Kier alpha value is -2.22. The summed E-state index contributed by atoms with van der Waals surface area (Å²) < 4.78 is 87.0. The molecular weight excluding hydrogens is 513 g/mol. The second kappa shape index (κ2) is 15.0. The van der Waals surface area contributed by atoms with Crippen molar-refractivity contribution in [1.29, 1.82) is 0 Å². The summed E-state index contributed by atoms with van der Waals surface area (Å²) in [5.74, 6) is -8.60. The Balaban J connectivity index is 1.65. The molecule has 0 fully saturated rings. The van der Waals surface area contributed by atoms with Crippen LogP contribution < -0.4 is 4.74 Å². The van der Waals surface area contributed by atoms with E-state index in [1.54, 1.807) is 0 Å². The summed E-state index contributed by atoms with van der Waals surface area (Å²) in [4.78, 5) is 3.61. The van der Waals surface area contributed by atoms with E-state index in [0.717, 1.165) is 38.5 Å². The Morgan fingerprint density at radius 1 is 0.974 bits per heavy atom. The number of hydrogen-bond acceptors (Lipinski definition) is 3. The molecule has 2 aromatic rings. The third-order valence-corrected chi connectivity index (χ3v) is 7.74.